The number of fused-ring (bicyclic) bond motifs is 1. The first kappa shape index (κ1) is 10.7. The van der Waals surface area contributed by atoms with Gasteiger partial charge in [0.25, 0.3) is 0 Å². The number of halogens is 1. The molecule has 1 aromatic rings. The van der Waals surface area contributed by atoms with Crippen LogP contribution >= 0.6 is 11.6 Å². The molecule has 1 aliphatic heterocycles. The van der Waals surface area contributed by atoms with Crippen LogP contribution in [0.1, 0.15) is 17.5 Å². The van der Waals surface area contributed by atoms with Crippen molar-refractivity contribution in [1.29, 1.82) is 0 Å². The Morgan fingerprint density at radius 1 is 1.40 bits per heavy atom. The van der Waals surface area contributed by atoms with Gasteiger partial charge in [-0.15, -0.1) is 0 Å². The highest BCUT2D eigenvalue weighted by atomic mass is 35.5. The maximum Gasteiger partial charge on any atom is 0.189 e. The molecule has 2 N–H and O–H groups in total. The molecular formula is C11H14ClNO2. The van der Waals surface area contributed by atoms with Gasteiger partial charge in [0.15, 0.2) is 6.79 Å². The van der Waals surface area contributed by atoms with E-state index in [1.54, 1.807) is 0 Å². The van der Waals surface area contributed by atoms with Gasteiger partial charge in [0.2, 0.25) is 0 Å². The molecule has 0 fully saturated rings. The molecule has 15 heavy (non-hydrogen) atoms. The monoisotopic (exact) mass is 227 g/mol. The van der Waals surface area contributed by atoms with Crippen LogP contribution in [0, 0.1) is 0 Å². The van der Waals surface area contributed by atoms with Gasteiger partial charge in [-0.3, -0.25) is 0 Å². The van der Waals surface area contributed by atoms with Gasteiger partial charge in [0.05, 0.1) is 6.61 Å². The van der Waals surface area contributed by atoms with E-state index in [0.717, 1.165) is 34.7 Å². The summed E-state index contributed by atoms with van der Waals surface area (Å²) >= 11 is 6.15. The summed E-state index contributed by atoms with van der Waals surface area (Å²) in [5.74, 6) is 0.887. The van der Waals surface area contributed by atoms with E-state index >= 15 is 0 Å². The predicted molar refractivity (Wildman–Crippen MR) is 59.1 cm³/mol. The molecule has 0 aliphatic carbocycles. The van der Waals surface area contributed by atoms with Crippen LogP contribution in [-0.4, -0.2) is 13.3 Å². The fourth-order valence-corrected chi connectivity index (χ4v) is 2.01. The molecule has 4 heteroatoms. The van der Waals surface area contributed by atoms with Gasteiger partial charge in [0.1, 0.15) is 5.75 Å². The van der Waals surface area contributed by atoms with Crippen molar-refractivity contribution in [2.75, 3.05) is 13.3 Å². The molecule has 0 spiro atoms. The molecule has 0 radical (unpaired) electrons. The summed E-state index contributed by atoms with van der Waals surface area (Å²) < 4.78 is 10.6. The molecule has 1 heterocycles. The van der Waals surface area contributed by atoms with Crippen LogP contribution in [0.25, 0.3) is 0 Å². The van der Waals surface area contributed by atoms with Gasteiger partial charge in [-0.1, -0.05) is 11.6 Å². The molecule has 3 nitrogen and oxygen atoms in total. The molecule has 0 amide bonds. The van der Waals surface area contributed by atoms with E-state index in [2.05, 4.69) is 0 Å². The molecule has 1 aromatic carbocycles. The lowest BCUT2D eigenvalue weighted by Crippen LogP contribution is -2.14. The Morgan fingerprint density at radius 2 is 2.27 bits per heavy atom. The number of hydrogen-bond donors (Lipinski definition) is 1. The Hall–Kier alpha value is -0.770. The summed E-state index contributed by atoms with van der Waals surface area (Å²) in [5.41, 5.74) is 7.68. The number of rotatable bonds is 3. The third kappa shape index (κ3) is 2.25. The topological polar surface area (TPSA) is 44.5 Å². The minimum Gasteiger partial charge on any atom is -0.467 e. The van der Waals surface area contributed by atoms with Crippen LogP contribution in [0.15, 0.2) is 12.1 Å². The second-order valence-electron chi connectivity index (χ2n) is 3.51. The zero-order chi connectivity index (χ0) is 10.7. The number of nitrogens with two attached hydrogens (primary N) is 1. The largest absolute Gasteiger partial charge is 0.467 e. The second-order valence-corrected chi connectivity index (χ2v) is 3.91. The first-order valence-electron chi connectivity index (χ1n) is 5.04. The van der Waals surface area contributed by atoms with Crippen LogP contribution in [0.5, 0.6) is 5.75 Å². The quantitative estimate of drug-likeness (QED) is 0.860. The molecule has 0 atom stereocenters. The lowest BCUT2D eigenvalue weighted by atomic mass is 10.0. The minimum absolute atomic E-state index is 0.324. The van der Waals surface area contributed by atoms with Crippen LogP contribution in [0.2, 0.25) is 5.02 Å². The summed E-state index contributed by atoms with van der Waals surface area (Å²) in [6.45, 7) is 1.57. The van der Waals surface area contributed by atoms with E-state index in [4.69, 9.17) is 26.8 Å². The van der Waals surface area contributed by atoms with Crippen molar-refractivity contribution in [3.05, 3.63) is 28.3 Å². The van der Waals surface area contributed by atoms with Gasteiger partial charge >= 0.3 is 0 Å². The molecule has 82 valence electrons. The van der Waals surface area contributed by atoms with Crippen molar-refractivity contribution < 1.29 is 9.47 Å². The molecule has 0 unspecified atom stereocenters. The molecule has 0 aromatic heterocycles. The third-order valence-corrected chi connectivity index (χ3v) is 2.86. The summed E-state index contributed by atoms with van der Waals surface area (Å²) in [4.78, 5) is 0. The predicted octanol–water partition coefficient (Wildman–Crippen LogP) is 2.10. The first-order valence-corrected chi connectivity index (χ1v) is 5.41. The normalized spacial score (nSPS) is 14.5. The lowest BCUT2D eigenvalue weighted by Gasteiger charge is -2.21. The van der Waals surface area contributed by atoms with Crippen molar-refractivity contribution in [3.63, 3.8) is 0 Å². The van der Waals surface area contributed by atoms with Crippen molar-refractivity contribution in [3.8, 4) is 5.75 Å². The van der Waals surface area contributed by atoms with Crippen LogP contribution in [-0.2, 0) is 17.8 Å². The summed E-state index contributed by atoms with van der Waals surface area (Å²) in [7, 11) is 0. The second kappa shape index (κ2) is 4.84. The number of ether oxygens (including phenoxy) is 2. The smallest absolute Gasteiger partial charge is 0.189 e. The van der Waals surface area contributed by atoms with E-state index in [-0.39, 0.29) is 0 Å². The third-order valence-electron chi connectivity index (χ3n) is 2.51. The molecule has 0 saturated heterocycles. The fraction of sp³-hybridized carbons (Fsp3) is 0.455. The zero-order valence-corrected chi connectivity index (χ0v) is 9.22. The van der Waals surface area contributed by atoms with Gasteiger partial charge < -0.3 is 15.2 Å². The van der Waals surface area contributed by atoms with E-state index < -0.39 is 0 Å². The Balaban J connectivity index is 2.32. The van der Waals surface area contributed by atoms with Crippen LogP contribution in [0.4, 0.5) is 0 Å². The lowest BCUT2D eigenvalue weighted by molar-refractivity contribution is -0.0168. The molecule has 1 aliphatic rings. The highest BCUT2D eigenvalue weighted by Crippen LogP contribution is 2.32. The van der Waals surface area contributed by atoms with Gasteiger partial charge in [-0.25, -0.2) is 0 Å². The molecule has 0 bridgehead atoms. The Morgan fingerprint density at radius 3 is 3.07 bits per heavy atom. The first-order chi connectivity index (χ1) is 7.33. The summed E-state index contributed by atoms with van der Waals surface area (Å²) in [6, 6.07) is 3.77. The SMILES string of the molecule is NCCCc1c(Cl)ccc2c1COCO2. The van der Waals surface area contributed by atoms with Crippen molar-refractivity contribution >= 4 is 11.6 Å². The van der Waals surface area contributed by atoms with Gasteiger partial charge in [-0.05, 0) is 37.1 Å². The Labute approximate surface area is 94.1 Å². The van der Waals surface area contributed by atoms with Crippen molar-refractivity contribution in [2.24, 2.45) is 5.73 Å². The maximum atomic E-state index is 6.15. The standard InChI is InChI=1S/C11H14ClNO2/c12-10-3-4-11-9(6-14-7-15-11)8(10)2-1-5-13/h3-4H,1-2,5-7,13H2. The van der Waals surface area contributed by atoms with Gasteiger partial charge in [0, 0.05) is 10.6 Å². The number of benzene rings is 1. The minimum atomic E-state index is 0.324. The fourth-order valence-electron chi connectivity index (χ4n) is 1.73. The van der Waals surface area contributed by atoms with Crippen molar-refractivity contribution in [2.45, 2.75) is 19.4 Å². The highest BCUT2D eigenvalue weighted by molar-refractivity contribution is 6.31. The van der Waals surface area contributed by atoms with E-state index in [1.165, 1.54) is 0 Å². The zero-order valence-electron chi connectivity index (χ0n) is 8.46. The van der Waals surface area contributed by atoms with Crippen molar-refractivity contribution in [1.82, 2.24) is 0 Å². The van der Waals surface area contributed by atoms with Gasteiger partial charge in [-0.2, -0.15) is 0 Å². The van der Waals surface area contributed by atoms with E-state index in [1.807, 2.05) is 12.1 Å². The highest BCUT2D eigenvalue weighted by Gasteiger charge is 2.16. The molecule has 0 saturated carbocycles. The average Bonchev–Trinajstić information content (AvgIpc) is 2.28. The maximum absolute atomic E-state index is 6.15. The summed E-state index contributed by atoms with van der Waals surface area (Å²) in [6.07, 6.45) is 1.81. The molecular weight excluding hydrogens is 214 g/mol. The van der Waals surface area contributed by atoms with Crippen LogP contribution < -0.4 is 10.5 Å². The van der Waals surface area contributed by atoms with E-state index in [9.17, 15) is 0 Å². The number of hydrogen-bond acceptors (Lipinski definition) is 3. The average molecular weight is 228 g/mol. The van der Waals surface area contributed by atoms with Crippen LogP contribution in [0.3, 0.4) is 0 Å². The Kier molecular flexibility index (Phi) is 3.46. The van der Waals surface area contributed by atoms with E-state index in [0.29, 0.717) is 19.9 Å². The summed E-state index contributed by atoms with van der Waals surface area (Å²) in [5, 5.41) is 0.774. The molecule has 2 rings (SSSR count). The Bertz CT molecular complexity index is 355.